The number of unbranched alkanes of at least 4 members (excludes halogenated alkanes) is 3. The SMILES string of the molecule is CCCCCCc1ncc(C(=O)OC(CC)c2ccc(-c3ccc(CCC)cc3)cc2)cn1. The topological polar surface area (TPSA) is 52.1 Å². The van der Waals surface area contributed by atoms with Crippen molar-refractivity contribution >= 4 is 5.97 Å². The number of aryl methyl sites for hydroxylation is 2. The van der Waals surface area contributed by atoms with Crippen molar-refractivity contribution < 1.29 is 9.53 Å². The van der Waals surface area contributed by atoms with Crippen LogP contribution >= 0.6 is 0 Å². The third-order valence-corrected chi connectivity index (χ3v) is 5.92. The third kappa shape index (κ3) is 7.24. The molecule has 1 aromatic heterocycles. The molecular weight excluding hydrogens is 408 g/mol. The highest BCUT2D eigenvalue weighted by Crippen LogP contribution is 2.26. The first kappa shape index (κ1) is 24.6. The van der Waals surface area contributed by atoms with E-state index >= 15 is 0 Å². The van der Waals surface area contributed by atoms with Gasteiger partial charge in [-0.15, -0.1) is 0 Å². The van der Waals surface area contributed by atoms with E-state index in [1.807, 2.05) is 19.1 Å². The number of ether oxygens (including phenoxy) is 1. The van der Waals surface area contributed by atoms with E-state index in [-0.39, 0.29) is 12.1 Å². The van der Waals surface area contributed by atoms with Crippen LogP contribution in [-0.4, -0.2) is 15.9 Å². The number of hydrogen-bond acceptors (Lipinski definition) is 4. The standard InChI is InChI=1S/C29H36N2O2/c1-4-7-8-9-11-28-30-20-26(21-31-28)29(32)33-27(6-3)25-18-16-24(17-19-25)23-14-12-22(10-5-2)13-15-23/h12-21,27H,4-11H2,1-3H3. The summed E-state index contributed by atoms with van der Waals surface area (Å²) >= 11 is 0. The predicted molar refractivity (Wildman–Crippen MR) is 134 cm³/mol. The zero-order valence-corrected chi connectivity index (χ0v) is 20.2. The van der Waals surface area contributed by atoms with Gasteiger partial charge in [-0.25, -0.2) is 14.8 Å². The molecule has 0 N–H and O–H groups in total. The predicted octanol–water partition coefficient (Wildman–Crippen LogP) is 7.53. The van der Waals surface area contributed by atoms with E-state index in [0.29, 0.717) is 12.0 Å². The lowest BCUT2D eigenvalue weighted by Crippen LogP contribution is -2.12. The molecule has 174 valence electrons. The molecule has 4 nitrogen and oxygen atoms in total. The fourth-order valence-electron chi connectivity index (χ4n) is 3.93. The zero-order valence-electron chi connectivity index (χ0n) is 20.2. The summed E-state index contributed by atoms with van der Waals surface area (Å²) in [4.78, 5) is 21.4. The molecule has 2 aromatic carbocycles. The molecule has 1 atom stereocenters. The molecule has 0 radical (unpaired) electrons. The van der Waals surface area contributed by atoms with E-state index in [2.05, 4.69) is 60.2 Å². The van der Waals surface area contributed by atoms with Gasteiger partial charge in [0.25, 0.3) is 0 Å². The molecule has 3 rings (SSSR count). The maximum Gasteiger partial charge on any atom is 0.341 e. The Bertz CT molecular complexity index is 980. The number of aromatic nitrogens is 2. The van der Waals surface area contributed by atoms with Gasteiger partial charge in [-0.3, -0.25) is 0 Å². The average Bonchev–Trinajstić information content (AvgIpc) is 2.86. The molecule has 0 aliphatic carbocycles. The number of carbonyl (C=O) groups excluding carboxylic acids is 1. The largest absolute Gasteiger partial charge is 0.454 e. The molecule has 0 bridgehead atoms. The van der Waals surface area contributed by atoms with Crippen LogP contribution in [-0.2, 0) is 17.6 Å². The Morgan fingerprint density at radius 2 is 1.42 bits per heavy atom. The Hall–Kier alpha value is -3.01. The Morgan fingerprint density at radius 1 is 0.788 bits per heavy atom. The number of nitrogens with zero attached hydrogens (tertiary/aromatic N) is 2. The van der Waals surface area contributed by atoms with Gasteiger partial charge >= 0.3 is 5.97 Å². The summed E-state index contributed by atoms with van der Waals surface area (Å²) in [6.45, 7) is 6.41. The summed E-state index contributed by atoms with van der Waals surface area (Å²) in [6, 6.07) is 17.0. The second kappa shape index (κ2) is 12.9. The van der Waals surface area contributed by atoms with Gasteiger partial charge in [0.05, 0.1) is 5.56 Å². The molecule has 0 fully saturated rings. The molecule has 0 spiro atoms. The Balaban J connectivity index is 1.60. The fraction of sp³-hybridized carbons (Fsp3) is 0.414. The van der Waals surface area contributed by atoms with E-state index in [4.69, 9.17) is 4.74 Å². The Labute approximate surface area is 198 Å². The molecule has 4 heteroatoms. The molecule has 33 heavy (non-hydrogen) atoms. The van der Waals surface area contributed by atoms with Crippen molar-refractivity contribution in [3.8, 4) is 11.1 Å². The summed E-state index contributed by atoms with van der Waals surface area (Å²) < 4.78 is 5.79. The quantitative estimate of drug-likeness (QED) is 0.214. The average molecular weight is 445 g/mol. The van der Waals surface area contributed by atoms with Gasteiger partial charge in [0.1, 0.15) is 11.9 Å². The van der Waals surface area contributed by atoms with E-state index in [9.17, 15) is 4.79 Å². The number of benzene rings is 2. The minimum Gasteiger partial charge on any atom is -0.454 e. The zero-order chi connectivity index (χ0) is 23.5. The van der Waals surface area contributed by atoms with Crippen molar-refractivity contribution in [2.24, 2.45) is 0 Å². The molecule has 1 unspecified atom stereocenters. The second-order valence-corrected chi connectivity index (χ2v) is 8.57. The van der Waals surface area contributed by atoms with Crippen molar-refractivity contribution in [3.63, 3.8) is 0 Å². The lowest BCUT2D eigenvalue weighted by Gasteiger charge is -2.17. The molecular formula is C29H36N2O2. The molecule has 0 aliphatic rings. The monoisotopic (exact) mass is 444 g/mol. The van der Waals surface area contributed by atoms with Gasteiger partial charge in [0.2, 0.25) is 0 Å². The Morgan fingerprint density at radius 3 is 2.00 bits per heavy atom. The van der Waals surface area contributed by atoms with Crippen LogP contribution in [0, 0.1) is 0 Å². The van der Waals surface area contributed by atoms with Crippen molar-refractivity contribution in [3.05, 3.63) is 83.4 Å². The first-order chi connectivity index (χ1) is 16.1. The summed E-state index contributed by atoms with van der Waals surface area (Å²) in [7, 11) is 0. The minimum atomic E-state index is -0.380. The summed E-state index contributed by atoms with van der Waals surface area (Å²) in [6.07, 6.45) is 11.4. The first-order valence-corrected chi connectivity index (χ1v) is 12.4. The summed E-state index contributed by atoms with van der Waals surface area (Å²) in [5.41, 5.74) is 5.11. The molecule has 1 heterocycles. The van der Waals surface area contributed by atoms with Crippen molar-refractivity contribution in [1.82, 2.24) is 9.97 Å². The number of esters is 1. The normalized spacial score (nSPS) is 11.8. The highest BCUT2D eigenvalue weighted by molar-refractivity contribution is 5.88. The van der Waals surface area contributed by atoms with Crippen LogP contribution in [0.4, 0.5) is 0 Å². The minimum absolute atomic E-state index is 0.299. The summed E-state index contributed by atoms with van der Waals surface area (Å²) in [5, 5.41) is 0. The maximum absolute atomic E-state index is 12.7. The smallest absolute Gasteiger partial charge is 0.341 e. The van der Waals surface area contributed by atoms with Crippen LogP contribution in [0.2, 0.25) is 0 Å². The fourth-order valence-corrected chi connectivity index (χ4v) is 3.93. The number of hydrogen-bond donors (Lipinski definition) is 0. The van der Waals surface area contributed by atoms with Crippen molar-refractivity contribution in [2.75, 3.05) is 0 Å². The highest BCUT2D eigenvalue weighted by Gasteiger charge is 2.17. The van der Waals surface area contributed by atoms with Crippen LogP contribution in [0.25, 0.3) is 11.1 Å². The number of carbonyl (C=O) groups is 1. The van der Waals surface area contributed by atoms with Crippen LogP contribution in [0.15, 0.2) is 60.9 Å². The van der Waals surface area contributed by atoms with Gasteiger partial charge in [-0.2, -0.15) is 0 Å². The van der Waals surface area contributed by atoms with Gasteiger partial charge in [-0.05, 0) is 41.5 Å². The number of rotatable bonds is 12. The molecule has 0 amide bonds. The molecule has 0 aliphatic heterocycles. The third-order valence-electron chi connectivity index (χ3n) is 5.92. The second-order valence-electron chi connectivity index (χ2n) is 8.57. The molecule has 0 saturated heterocycles. The van der Waals surface area contributed by atoms with E-state index in [1.165, 1.54) is 30.4 Å². The van der Waals surface area contributed by atoms with Crippen LogP contribution in [0.3, 0.4) is 0 Å². The maximum atomic E-state index is 12.7. The van der Waals surface area contributed by atoms with Crippen LogP contribution in [0.5, 0.6) is 0 Å². The van der Waals surface area contributed by atoms with Gasteiger partial charge < -0.3 is 4.74 Å². The van der Waals surface area contributed by atoms with Crippen LogP contribution < -0.4 is 0 Å². The molecule has 3 aromatic rings. The Kier molecular flexibility index (Phi) is 9.61. The van der Waals surface area contributed by atoms with Gasteiger partial charge in [0, 0.05) is 18.8 Å². The van der Waals surface area contributed by atoms with Crippen LogP contribution in [0.1, 0.15) is 92.7 Å². The van der Waals surface area contributed by atoms with E-state index in [1.54, 1.807) is 12.4 Å². The van der Waals surface area contributed by atoms with E-state index < -0.39 is 0 Å². The van der Waals surface area contributed by atoms with Gasteiger partial charge in [0.15, 0.2) is 0 Å². The lowest BCUT2D eigenvalue weighted by molar-refractivity contribution is 0.0287. The van der Waals surface area contributed by atoms with Gasteiger partial charge in [-0.1, -0.05) is 95.0 Å². The lowest BCUT2D eigenvalue weighted by atomic mass is 9.99. The highest BCUT2D eigenvalue weighted by atomic mass is 16.5. The first-order valence-electron chi connectivity index (χ1n) is 12.4. The van der Waals surface area contributed by atoms with Crippen molar-refractivity contribution in [1.29, 1.82) is 0 Å². The molecule has 0 saturated carbocycles. The van der Waals surface area contributed by atoms with Crippen molar-refractivity contribution in [2.45, 2.75) is 78.2 Å². The summed E-state index contributed by atoms with van der Waals surface area (Å²) in [5.74, 6) is 0.406. The van der Waals surface area contributed by atoms with E-state index in [0.717, 1.165) is 42.6 Å².